The summed E-state index contributed by atoms with van der Waals surface area (Å²) >= 11 is 1.50. The van der Waals surface area contributed by atoms with Gasteiger partial charge in [-0.2, -0.15) is 0 Å². The van der Waals surface area contributed by atoms with Crippen LogP contribution in [0.25, 0.3) is 0 Å². The van der Waals surface area contributed by atoms with E-state index in [0.29, 0.717) is 12.1 Å². The number of sulfonamides is 1. The first kappa shape index (κ1) is 18.1. The highest BCUT2D eigenvalue weighted by Gasteiger charge is 2.24. The number of hydrogen-bond donors (Lipinski definition) is 2. The maximum Gasteiger partial charge on any atom is 0.254 e. The predicted molar refractivity (Wildman–Crippen MR) is 98.2 cm³/mol. The summed E-state index contributed by atoms with van der Waals surface area (Å²) in [4.78, 5) is 15.5. The number of piperazine rings is 1. The average Bonchev–Trinajstić information content (AvgIpc) is 3.14. The molecule has 2 aromatic rings. The molecular formula is C17H21N3O3S2. The maximum absolute atomic E-state index is 12.6. The molecule has 1 atom stereocenters. The third kappa shape index (κ3) is 4.27. The Bertz CT molecular complexity index is 817. The van der Waals surface area contributed by atoms with Crippen LogP contribution in [0.4, 0.5) is 0 Å². The molecule has 134 valence electrons. The molecule has 25 heavy (non-hydrogen) atoms. The fraction of sp³-hybridized carbons (Fsp3) is 0.353. The Kier molecular flexibility index (Phi) is 5.53. The van der Waals surface area contributed by atoms with Gasteiger partial charge in [-0.05, 0) is 42.6 Å². The lowest BCUT2D eigenvalue weighted by Crippen LogP contribution is -2.52. The average molecular weight is 380 g/mol. The van der Waals surface area contributed by atoms with E-state index in [1.165, 1.54) is 23.5 Å². The first-order valence-corrected chi connectivity index (χ1v) is 10.5. The van der Waals surface area contributed by atoms with Gasteiger partial charge in [0.25, 0.3) is 5.91 Å². The molecule has 1 aromatic heterocycles. The highest BCUT2D eigenvalue weighted by Crippen LogP contribution is 2.16. The highest BCUT2D eigenvalue weighted by molar-refractivity contribution is 7.89. The van der Waals surface area contributed by atoms with Crippen molar-refractivity contribution in [2.75, 3.05) is 19.6 Å². The molecule has 1 aromatic carbocycles. The lowest BCUT2D eigenvalue weighted by Gasteiger charge is -2.34. The first-order valence-electron chi connectivity index (χ1n) is 8.11. The van der Waals surface area contributed by atoms with Gasteiger partial charge in [-0.3, -0.25) is 4.79 Å². The van der Waals surface area contributed by atoms with Gasteiger partial charge in [0.1, 0.15) is 0 Å². The molecule has 1 amide bonds. The Hall–Kier alpha value is -1.74. The molecule has 1 fully saturated rings. The molecular weight excluding hydrogens is 358 g/mol. The van der Waals surface area contributed by atoms with E-state index in [4.69, 9.17) is 0 Å². The normalized spacial score (nSPS) is 18.3. The predicted octanol–water partition coefficient (Wildman–Crippen LogP) is 1.66. The van der Waals surface area contributed by atoms with Crippen molar-refractivity contribution in [3.8, 4) is 0 Å². The van der Waals surface area contributed by atoms with Crippen molar-refractivity contribution in [2.45, 2.75) is 24.4 Å². The van der Waals surface area contributed by atoms with Crippen molar-refractivity contribution in [2.24, 2.45) is 0 Å². The zero-order valence-corrected chi connectivity index (χ0v) is 15.6. The van der Waals surface area contributed by atoms with Crippen LogP contribution >= 0.6 is 11.3 Å². The topological polar surface area (TPSA) is 78.5 Å². The molecule has 2 N–H and O–H groups in total. The Morgan fingerprint density at radius 3 is 2.72 bits per heavy atom. The monoisotopic (exact) mass is 379 g/mol. The lowest BCUT2D eigenvalue weighted by molar-refractivity contribution is 0.0655. The van der Waals surface area contributed by atoms with Crippen LogP contribution in [0.15, 0.2) is 46.7 Å². The number of benzene rings is 1. The number of thiophene rings is 1. The number of nitrogens with zero attached hydrogens (tertiary/aromatic N) is 1. The number of carbonyl (C=O) groups is 1. The second kappa shape index (κ2) is 7.65. The molecule has 2 heterocycles. The third-order valence-corrected chi connectivity index (χ3v) is 6.48. The smallest absolute Gasteiger partial charge is 0.254 e. The van der Waals surface area contributed by atoms with Crippen LogP contribution < -0.4 is 10.0 Å². The molecule has 0 bridgehead atoms. The number of nitrogens with one attached hydrogen (secondary N) is 2. The summed E-state index contributed by atoms with van der Waals surface area (Å²) in [7, 11) is -3.59. The molecule has 0 unspecified atom stereocenters. The van der Waals surface area contributed by atoms with Crippen molar-refractivity contribution in [3.63, 3.8) is 0 Å². The molecule has 1 saturated heterocycles. The Morgan fingerprint density at radius 1 is 1.32 bits per heavy atom. The molecule has 0 aliphatic carbocycles. The molecule has 0 radical (unpaired) electrons. The van der Waals surface area contributed by atoms with Gasteiger partial charge < -0.3 is 10.2 Å². The number of hydrogen-bond acceptors (Lipinski definition) is 5. The maximum atomic E-state index is 12.6. The largest absolute Gasteiger partial charge is 0.333 e. The summed E-state index contributed by atoms with van der Waals surface area (Å²) in [5.74, 6) is -0.0653. The van der Waals surface area contributed by atoms with E-state index in [2.05, 4.69) is 10.0 Å². The van der Waals surface area contributed by atoms with Crippen LogP contribution in [-0.4, -0.2) is 44.9 Å². The fourth-order valence-electron chi connectivity index (χ4n) is 2.75. The van der Waals surface area contributed by atoms with Gasteiger partial charge in [0.2, 0.25) is 10.0 Å². The fourth-order valence-corrected chi connectivity index (χ4v) is 4.49. The van der Waals surface area contributed by atoms with Crippen LogP contribution in [0.5, 0.6) is 0 Å². The lowest BCUT2D eigenvalue weighted by atomic mass is 10.1. The van der Waals surface area contributed by atoms with Crippen LogP contribution in [0.1, 0.15) is 22.2 Å². The summed E-state index contributed by atoms with van der Waals surface area (Å²) in [5.41, 5.74) is 0.506. The van der Waals surface area contributed by atoms with Crippen LogP contribution in [0, 0.1) is 0 Å². The van der Waals surface area contributed by atoms with Crippen molar-refractivity contribution in [1.82, 2.24) is 14.9 Å². The van der Waals surface area contributed by atoms with Crippen LogP contribution in [-0.2, 0) is 16.6 Å². The van der Waals surface area contributed by atoms with E-state index in [0.717, 1.165) is 18.0 Å². The third-order valence-electron chi connectivity index (χ3n) is 4.19. The minimum absolute atomic E-state index is 0.0653. The van der Waals surface area contributed by atoms with E-state index in [1.807, 2.05) is 29.3 Å². The van der Waals surface area contributed by atoms with Gasteiger partial charge in [0.05, 0.1) is 4.90 Å². The molecule has 0 spiro atoms. The van der Waals surface area contributed by atoms with Gasteiger partial charge in [0.15, 0.2) is 0 Å². The second-order valence-corrected chi connectivity index (χ2v) is 8.78. The standard InChI is InChI=1S/C17H21N3O3S2/c1-13-11-18-8-9-20(13)17(21)14-4-6-16(7-5-14)25(22,23)19-12-15-3-2-10-24-15/h2-7,10,13,18-19H,8-9,11-12H2,1H3/t13-/m0/s1. The van der Waals surface area contributed by atoms with Gasteiger partial charge >= 0.3 is 0 Å². The molecule has 1 aliphatic rings. The highest BCUT2D eigenvalue weighted by atomic mass is 32.2. The van der Waals surface area contributed by atoms with Crippen LogP contribution in [0.3, 0.4) is 0 Å². The molecule has 3 rings (SSSR count). The Labute approximate surface area is 151 Å². The minimum Gasteiger partial charge on any atom is -0.333 e. The van der Waals surface area contributed by atoms with Crippen molar-refractivity contribution < 1.29 is 13.2 Å². The Balaban J connectivity index is 1.69. The number of amides is 1. The summed E-state index contributed by atoms with van der Waals surface area (Å²) < 4.78 is 27.3. The quantitative estimate of drug-likeness (QED) is 0.828. The summed E-state index contributed by atoms with van der Waals surface area (Å²) in [6.45, 7) is 4.46. The van der Waals surface area contributed by atoms with Gasteiger partial charge in [-0.1, -0.05) is 6.07 Å². The molecule has 8 heteroatoms. The van der Waals surface area contributed by atoms with Gasteiger partial charge in [-0.15, -0.1) is 11.3 Å². The Morgan fingerprint density at radius 2 is 2.08 bits per heavy atom. The minimum atomic E-state index is -3.59. The van der Waals surface area contributed by atoms with Gasteiger partial charge in [0, 0.05) is 42.7 Å². The zero-order valence-electron chi connectivity index (χ0n) is 13.9. The number of rotatable bonds is 5. The summed E-state index contributed by atoms with van der Waals surface area (Å²) in [5, 5.41) is 5.15. The summed E-state index contributed by atoms with van der Waals surface area (Å²) in [6, 6.07) is 10.0. The van der Waals surface area contributed by atoms with Crippen molar-refractivity contribution in [1.29, 1.82) is 0 Å². The van der Waals surface area contributed by atoms with Crippen molar-refractivity contribution >= 4 is 27.3 Å². The SMILES string of the molecule is C[C@H]1CNCCN1C(=O)c1ccc(S(=O)(=O)NCc2cccs2)cc1. The van der Waals surface area contributed by atoms with E-state index >= 15 is 0 Å². The van der Waals surface area contributed by atoms with Crippen molar-refractivity contribution in [3.05, 3.63) is 52.2 Å². The molecule has 6 nitrogen and oxygen atoms in total. The van der Waals surface area contributed by atoms with E-state index in [1.54, 1.807) is 12.1 Å². The van der Waals surface area contributed by atoms with Gasteiger partial charge in [-0.25, -0.2) is 13.1 Å². The second-order valence-electron chi connectivity index (χ2n) is 5.98. The molecule has 0 saturated carbocycles. The van der Waals surface area contributed by atoms with E-state index in [-0.39, 0.29) is 23.4 Å². The zero-order chi connectivity index (χ0) is 17.9. The molecule has 1 aliphatic heterocycles. The van der Waals surface area contributed by atoms with Crippen LogP contribution in [0.2, 0.25) is 0 Å². The van der Waals surface area contributed by atoms with E-state index in [9.17, 15) is 13.2 Å². The van der Waals surface area contributed by atoms with E-state index < -0.39 is 10.0 Å². The summed E-state index contributed by atoms with van der Waals surface area (Å²) in [6.07, 6.45) is 0. The number of carbonyl (C=O) groups excluding carboxylic acids is 1. The first-order chi connectivity index (χ1) is 12.0.